The predicted molar refractivity (Wildman–Crippen MR) is 113 cm³/mol. The Hall–Kier alpha value is -3.16. The van der Waals surface area contributed by atoms with E-state index in [1.165, 1.54) is 4.90 Å². The van der Waals surface area contributed by atoms with Crippen molar-refractivity contribution in [2.75, 3.05) is 23.3 Å². The van der Waals surface area contributed by atoms with Crippen LogP contribution in [0.2, 0.25) is 0 Å². The third kappa shape index (κ3) is 3.36. The fourth-order valence-electron chi connectivity index (χ4n) is 4.40. The quantitative estimate of drug-likeness (QED) is 0.822. The van der Waals surface area contributed by atoms with Crippen molar-refractivity contribution in [2.24, 2.45) is 0 Å². The fraction of sp³-hybridized carbons (Fsp3) is 0.455. The van der Waals surface area contributed by atoms with Crippen LogP contribution in [0.25, 0.3) is 0 Å². The van der Waals surface area contributed by atoms with Gasteiger partial charge in [0.05, 0.1) is 28.3 Å². The van der Waals surface area contributed by atoms with Gasteiger partial charge in [-0.2, -0.15) is 5.10 Å². The maximum Gasteiger partial charge on any atom is 0.256 e. The molecule has 1 aromatic heterocycles. The average molecular weight is 409 g/mol. The molecule has 8 heteroatoms. The van der Waals surface area contributed by atoms with Crippen LogP contribution >= 0.6 is 0 Å². The number of nitrogens with one attached hydrogen (secondary N) is 1. The van der Waals surface area contributed by atoms with Crippen molar-refractivity contribution in [1.82, 2.24) is 14.7 Å². The fourth-order valence-corrected chi connectivity index (χ4v) is 4.40. The van der Waals surface area contributed by atoms with E-state index in [0.717, 1.165) is 30.8 Å². The molecule has 2 aliphatic rings. The molecular formula is C22H27N5O3. The third-order valence-corrected chi connectivity index (χ3v) is 5.87. The summed E-state index contributed by atoms with van der Waals surface area (Å²) in [5.74, 6) is -0.646. The summed E-state index contributed by atoms with van der Waals surface area (Å²) >= 11 is 0. The lowest BCUT2D eigenvalue weighted by Crippen LogP contribution is -2.47. The highest BCUT2D eigenvalue weighted by Crippen LogP contribution is 2.32. The van der Waals surface area contributed by atoms with E-state index in [0.29, 0.717) is 29.9 Å². The highest BCUT2D eigenvalue weighted by atomic mass is 16.2. The summed E-state index contributed by atoms with van der Waals surface area (Å²) in [6.07, 6.45) is 2.36. The first-order valence-corrected chi connectivity index (χ1v) is 10.5. The monoisotopic (exact) mass is 409 g/mol. The second-order valence-corrected chi connectivity index (χ2v) is 7.92. The molecule has 4 rings (SSSR count). The van der Waals surface area contributed by atoms with Crippen molar-refractivity contribution in [1.29, 1.82) is 0 Å². The molecule has 2 aliphatic heterocycles. The largest absolute Gasteiger partial charge is 0.327 e. The number of rotatable bonds is 5. The number of carbonyl (C=O) groups excluding carboxylic acids is 3. The van der Waals surface area contributed by atoms with E-state index >= 15 is 0 Å². The molecule has 1 atom stereocenters. The maximum atomic E-state index is 13.3. The normalized spacial score (nSPS) is 18.3. The van der Waals surface area contributed by atoms with Gasteiger partial charge in [0, 0.05) is 13.1 Å². The van der Waals surface area contributed by atoms with Crippen LogP contribution in [0.15, 0.2) is 24.3 Å². The van der Waals surface area contributed by atoms with Crippen LogP contribution in [-0.4, -0.2) is 51.5 Å². The molecule has 3 heterocycles. The molecule has 0 spiro atoms. The van der Waals surface area contributed by atoms with Gasteiger partial charge in [0.25, 0.3) is 5.91 Å². The van der Waals surface area contributed by atoms with E-state index in [1.807, 2.05) is 18.5 Å². The number of para-hydroxylation sites is 1. The zero-order chi connectivity index (χ0) is 21.4. The lowest BCUT2D eigenvalue weighted by molar-refractivity contribution is -0.124. The Morgan fingerprint density at radius 1 is 1.23 bits per heavy atom. The first-order valence-electron chi connectivity index (χ1n) is 10.5. The van der Waals surface area contributed by atoms with Gasteiger partial charge in [0.2, 0.25) is 11.8 Å². The minimum atomic E-state index is -0.506. The number of aromatic nitrogens is 2. The molecule has 158 valence electrons. The average Bonchev–Trinajstić information content (AvgIpc) is 3.30. The van der Waals surface area contributed by atoms with Gasteiger partial charge in [-0.15, -0.1) is 0 Å². The molecule has 3 amide bonds. The molecule has 0 radical (unpaired) electrons. The number of hydrogen-bond acceptors (Lipinski definition) is 4. The summed E-state index contributed by atoms with van der Waals surface area (Å²) in [7, 11) is 0. The summed E-state index contributed by atoms with van der Waals surface area (Å²) < 4.78 is 1.88. The van der Waals surface area contributed by atoms with E-state index < -0.39 is 6.04 Å². The SMILES string of the molecule is CCCn1nc(C)c(NC(=O)CN2C(=O)[C@H]3CCCN3C(=O)c3ccccc32)c1C. The second-order valence-electron chi connectivity index (χ2n) is 7.92. The topological polar surface area (TPSA) is 87.5 Å². The molecule has 0 bridgehead atoms. The highest BCUT2D eigenvalue weighted by Gasteiger charge is 2.42. The molecule has 1 saturated heterocycles. The van der Waals surface area contributed by atoms with Crippen molar-refractivity contribution < 1.29 is 14.4 Å². The summed E-state index contributed by atoms with van der Waals surface area (Å²) in [5.41, 5.74) is 3.28. The predicted octanol–water partition coefficient (Wildman–Crippen LogP) is 2.50. The van der Waals surface area contributed by atoms with Gasteiger partial charge in [-0.25, -0.2) is 0 Å². The molecule has 0 aliphatic carbocycles. The first kappa shape index (κ1) is 20.1. The Morgan fingerprint density at radius 2 is 2.00 bits per heavy atom. The van der Waals surface area contributed by atoms with Crippen molar-refractivity contribution in [2.45, 2.75) is 52.6 Å². The summed E-state index contributed by atoms with van der Waals surface area (Å²) in [6.45, 7) is 7.05. The van der Waals surface area contributed by atoms with Crippen LogP contribution in [0.4, 0.5) is 11.4 Å². The third-order valence-electron chi connectivity index (χ3n) is 5.87. The Bertz CT molecular complexity index is 1010. The standard InChI is InChI=1S/C22H27N5O3/c1-4-11-27-15(3)20(14(2)24-27)23-19(28)13-26-17-9-6-5-8-16(17)21(29)25-12-7-10-18(25)22(26)30/h5-6,8-9,18H,4,7,10-13H2,1-3H3,(H,23,28)/t18-/m1/s1. The number of anilines is 2. The van der Waals surface area contributed by atoms with Crippen molar-refractivity contribution in [3.05, 3.63) is 41.2 Å². The van der Waals surface area contributed by atoms with Gasteiger partial charge in [-0.05, 0) is 45.2 Å². The van der Waals surface area contributed by atoms with Gasteiger partial charge < -0.3 is 15.1 Å². The van der Waals surface area contributed by atoms with E-state index in [-0.39, 0.29) is 24.3 Å². The summed E-state index contributed by atoms with van der Waals surface area (Å²) in [4.78, 5) is 42.3. The highest BCUT2D eigenvalue weighted by molar-refractivity contribution is 6.13. The Labute approximate surface area is 175 Å². The molecule has 1 N–H and O–H groups in total. The molecule has 0 unspecified atom stereocenters. The van der Waals surface area contributed by atoms with Gasteiger partial charge in [0.15, 0.2) is 0 Å². The zero-order valence-corrected chi connectivity index (χ0v) is 17.6. The van der Waals surface area contributed by atoms with E-state index in [1.54, 1.807) is 29.2 Å². The summed E-state index contributed by atoms with van der Waals surface area (Å²) in [6, 6.07) is 6.51. The molecule has 1 aromatic carbocycles. The van der Waals surface area contributed by atoms with Crippen LogP contribution in [-0.2, 0) is 16.1 Å². The lowest BCUT2D eigenvalue weighted by atomic mass is 10.1. The molecular weight excluding hydrogens is 382 g/mol. The van der Waals surface area contributed by atoms with Crippen LogP contribution in [0.5, 0.6) is 0 Å². The van der Waals surface area contributed by atoms with E-state index in [2.05, 4.69) is 17.3 Å². The van der Waals surface area contributed by atoms with Gasteiger partial charge in [-0.3, -0.25) is 19.1 Å². The zero-order valence-electron chi connectivity index (χ0n) is 17.6. The van der Waals surface area contributed by atoms with Crippen LogP contribution < -0.4 is 10.2 Å². The Kier molecular flexibility index (Phi) is 5.32. The number of hydrogen-bond donors (Lipinski definition) is 1. The minimum absolute atomic E-state index is 0.142. The molecule has 2 aromatic rings. The molecule has 8 nitrogen and oxygen atoms in total. The van der Waals surface area contributed by atoms with Crippen molar-refractivity contribution in [3.8, 4) is 0 Å². The lowest BCUT2D eigenvalue weighted by Gasteiger charge is -2.25. The van der Waals surface area contributed by atoms with Crippen molar-refractivity contribution >= 4 is 29.1 Å². The smallest absolute Gasteiger partial charge is 0.256 e. The van der Waals surface area contributed by atoms with Gasteiger partial charge >= 0.3 is 0 Å². The number of fused-ring (bicyclic) bond motifs is 2. The van der Waals surface area contributed by atoms with Crippen LogP contribution in [0.3, 0.4) is 0 Å². The van der Waals surface area contributed by atoms with Crippen LogP contribution in [0, 0.1) is 13.8 Å². The first-order chi connectivity index (χ1) is 14.4. The number of nitrogens with zero attached hydrogens (tertiary/aromatic N) is 4. The second kappa shape index (κ2) is 7.93. The number of benzene rings is 1. The Morgan fingerprint density at radius 3 is 2.77 bits per heavy atom. The molecule has 30 heavy (non-hydrogen) atoms. The van der Waals surface area contributed by atoms with Crippen molar-refractivity contribution in [3.63, 3.8) is 0 Å². The minimum Gasteiger partial charge on any atom is -0.327 e. The number of aryl methyl sites for hydroxylation is 2. The van der Waals surface area contributed by atoms with E-state index in [9.17, 15) is 14.4 Å². The molecule has 0 saturated carbocycles. The number of carbonyl (C=O) groups is 3. The molecule has 1 fully saturated rings. The van der Waals surface area contributed by atoms with Gasteiger partial charge in [0.1, 0.15) is 12.6 Å². The summed E-state index contributed by atoms with van der Waals surface area (Å²) in [5, 5.41) is 7.42. The van der Waals surface area contributed by atoms with Gasteiger partial charge in [-0.1, -0.05) is 19.1 Å². The maximum absolute atomic E-state index is 13.3. The van der Waals surface area contributed by atoms with Crippen LogP contribution in [0.1, 0.15) is 47.9 Å². The Balaban J connectivity index is 1.62. The van der Waals surface area contributed by atoms with E-state index in [4.69, 9.17) is 0 Å². The number of amides is 3.